The zero-order valence-corrected chi connectivity index (χ0v) is 37.1. The molecule has 3 amide bonds. The highest BCUT2D eigenvalue weighted by molar-refractivity contribution is 5.97. The van der Waals surface area contributed by atoms with Gasteiger partial charge in [-0.3, -0.25) is 14.4 Å². The number of tetrazole rings is 1. The van der Waals surface area contributed by atoms with E-state index in [0.717, 1.165) is 72.8 Å². The quantitative estimate of drug-likeness (QED) is 0.0979. The van der Waals surface area contributed by atoms with Crippen molar-refractivity contribution in [2.24, 2.45) is 23.2 Å². The van der Waals surface area contributed by atoms with Crippen molar-refractivity contribution in [2.75, 3.05) is 26.0 Å². The van der Waals surface area contributed by atoms with E-state index >= 15 is 0 Å². The van der Waals surface area contributed by atoms with E-state index in [4.69, 9.17) is 4.74 Å². The van der Waals surface area contributed by atoms with E-state index in [1.165, 1.54) is 0 Å². The molecule has 0 spiro atoms. The van der Waals surface area contributed by atoms with Crippen molar-refractivity contribution in [3.8, 4) is 22.5 Å². The molecule has 0 radical (unpaired) electrons. The van der Waals surface area contributed by atoms with Gasteiger partial charge in [0.15, 0.2) is 0 Å². The molecule has 326 valence electrons. The van der Waals surface area contributed by atoms with Gasteiger partial charge in [0.2, 0.25) is 11.7 Å². The minimum absolute atomic E-state index is 0.00204. The Morgan fingerprint density at radius 3 is 2.20 bits per heavy atom. The van der Waals surface area contributed by atoms with Gasteiger partial charge in [0.25, 0.3) is 5.91 Å². The number of H-pyrrole nitrogens is 1. The van der Waals surface area contributed by atoms with Gasteiger partial charge in [-0.05, 0) is 168 Å². The number of nitrogens with one attached hydrogen (secondary N) is 4. The molecule has 13 nitrogen and oxygen atoms in total. The van der Waals surface area contributed by atoms with Crippen LogP contribution in [0.5, 0.6) is 0 Å². The zero-order valence-electron chi connectivity index (χ0n) is 37.1. The number of Topliss-reactive ketones (excluding diaryl/α,β-unsaturated/α-hetero) is 1. The number of anilines is 1. The van der Waals surface area contributed by atoms with Gasteiger partial charge in [0.1, 0.15) is 11.4 Å². The third kappa shape index (κ3) is 12.3. The summed E-state index contributed by atoms with van der Waals surface area (Å²) in [6.07, 6.45) is 6.21. The molecule has 2 fully saturated rings. The highest BCUT2D eigenvalue weighted by atomic mass is 16.6. The number of nitrogens with zero attached hydrogens (tertiary/aromatic N) is 4. The maximum Gasteiger partial charge on any atom is 0.407 e. The van der Waals surface area contributed by atoms with Crippen molar-refractivity contribution in [2.45, 2.75) is 117 Å². The van der Waals surface area contributed by atoms with Crippen LogP contribution in [-0.2, 0) is 20.7 Å². The van der Waals surface area contributed by atoms with E-state index in [1.54, 1.807) is 12.1 Å². The number of aromatic amines is 1. The Morgan fingerprint density at radius 1 is 0.902 bits per heavy atom. The van der Waals surface area contributed by atoms with E-state index < -0.39 is 17.6 Å². The summed E-state index contributed by atoms with van der Waals surface area (Å²) >= 11 is 0. The number of hydrogen-bond acceptors (Lipinski definition) is 9. The molecule has 4 N–H and O–H groups in total. The summed E-state index contributed by atoms with van der Waals surface area (Å²) in [6, 6.07) is 21.8. The van der Waals surface area contributed by atoms with Gasteiger partial charge in [0.05, 0.1) is 0 Å². The lowest BCUT2D eigenvalue weighted by Gasteiger charge is -2.44. The number of benzene rings is 3. The summed E-state index contributed by atoms with van der Waals surface area (Å²) in [4.78, 5) is 55.8. The summed E-state index contributed by atoms with van der Waals surface area (Å²) in [5, 5.41) is 23.4. The lowest BCUT2D eigenvalue weighted by Crippen LogP contribution is -2.51. The molecule has 2 saturated carbocycles. The zero-order chi connectivity index (χ0) is 43.9. The Morgan fingerprint density at radius 2 is 1.59 bits per heavy atom. The van der Waals surface area contributed by atoms with Crippen LogP contribution in [0.25, 0.3) is 22.5 Å². The summed E-state index contributed by atoms with van der Waals surface area (Å²) < 4.78 is 5.38. The number of aromatic nitrogens is 4. The molecule has 3 aromatic carbocycles. The number of carbonyl (C=O) groups excluding carboxylic acids is 4. The van der Waals surface area contributed by atoms with Crippen LogP contribution < -0.4 is 16.0 Å². The molecule has 0 saturated heterocycles. The van der Waals surface area contributed by atoms with Crippen molar-refractivity contribution < 1.29 is 23.9 Å². The van der Waals surface area contributed by atoms with E-state index in [9.17, 15) is 19.2 Å². The third-order valence-electron chi connectivity index (χ3n) is 12.6. The van der Waals surface area contributed by atoms with Crippen LogP contribution in [0.4, 0.5) is 10.5 Å². The average Bonchev–Trinajstić information content (AvgIpc) is 3.76. The van der Waals surface area contributed by atoms with Crippen LogP contribution >= 0.6 is 0 Å². The standard InChI is InChI=1S/C48H64N8O5/c1-30-25-36(44(58)51-42-24-22-39(56(7)8)28-48(42,5)6)19-23-40(30)33-13-9-31(10-14-33)26-37(45(59)50-38-20-17-35(18-21-38)43-52-54-55-53-43)27-41(57)34-15-11-32(12-16-34)29-49-46(60)61-47(2,3)4/h9-10,13-14,17-21,23,25,32,34,37,39,42H,11-12,15-16,22,24,26-29H2,1-8H3,(H,49,60)(H,50,59)(H,51,58)(H,52,53,54,55)/t32?,34?,37-,39?,42?/m1/s1. The molecule has 1 heterocycles. The van der Waals surface area contributed by atoms with Gasteiger partial charge in [0, 0.05) is 53.7 Å². The molecule has 61 heavy (non-hydrogen) atoms. The van der Waals surface area contributed by atoms with E-state index in [-0.39, 0.29) is 47.3 Å². The third-order valence-corrected chi connectivity index (χ3v) is 12.6. The molecule has 13 heteroatoms. The van der Waals surface area contributed by atoms with Gasteiger partial charge in [-0.2, -0.15) is 5.21 Å². The first-order valence-corrected chi connectivity index (χ1v) is 21.8. The van der Waals surface area contributed by atoms with Crippen LogP contribution in [-0.4, -0.2) is 87.5 Å². The van der Waals surface area contributed by atoms with Crippen LogP contribution in [0.15, 0.2) is 66.7 Å². The average molecular weight is 833 g/mol. The first-order chi connectivity index (χ1) is 28.9. The van der Waals surface area contributed by atoms with Crippen LogP contribution in [0.3, 0.4) is 0 Å². The highest BCUT2D eigenvalue weighted by Crippen LogP contribution is 2.38. The normalized spacial score (nSPS) is 20.7. The van der Waals surface area contributed by atoms with Gasteiger partial charge in [-0.1, -0.05) is 44.2 Å². The van der Waals surface area contributed by atoms with E-state index in [2.05, 4.69) is 69.4 Å². The highest BCUT2D eigenvalue weighted by Gasteiger charge is 2.38. The number of alkyl carbamates (subject to hydrolysis) is 1. The summed E-state index contributed by atoms with van der Waals surface area (Å²) in [5.41, 5.74) is 5.43. The van der Waals surface area contributed by atoms with Crippen molar-refractivity contribution in [3.05, 3.63) is 83.4 Å². The molecule has 2 unspecified atom stereocenters. The minimum atomic E-state index is -0.593. The van der Waals surface area contributed by atoms with Crippen LogP contribution in [0.1, 0.15) is 107 Å². The molecule has 3 atom stereocenters. The predicted molar refractivity (Wildman–Crippen MR) is 238 cm³/mol. The van der Waals surface area contributed by atoms with Gasteiger partial charge in [-0.15, -0.1) is 10.2 Å². The van der Waals surface area contributed by atoms with Crippen LogP contribution in [0, 0.1) is 30.1 Å². The number of ketones is 1. The fourth-order valence-electron chi connectivity index (χ4n) is 8.91. The topological polar surface area (TPSA) is 171 Å². The van der Waals surface area contributed by atoms with Gasteiger partial charge >= 0.3 is 6.09 Å². The second kappa shape index (κ2) is 19.5. The van der Waals surface area contributed by atoms with Crippen molar-refractivity contribution in [1.29, 1.82) is 0 Å². The Kier molecular flexibility index (Phi) is 14.4. The minimum Gasteiger partial charge on any atom is -0.444 e. The van der Waals surface area contributed by atoms with E-state index in [0.29, 0.717) is 36.1 Å². The molecule has 1 aromatic heterocycles. The predicted octanol–water partition coefficient (Wildman–Crippen LogP) is 8.17. The number of hydrogen-bond donors (Lipinski definition) is 4. The maximum absolute atomic E-state index is 14.0. The fourth-order valence-corrected chi connectivity index (χ4v) is 8.91. The summed E-state index contributed by atoms with van der Waals surface area (Å²) in [6.45, 7) is 12.5. The van der Waals surface area contributed by atoms with E-state index in [1.807, 2.05) is 82.3 Å². The number of ether oxygens (including phenoxy) is 1. The van der Waals surface area contributed by atoms with Gasteiger partial charge < -0.3 is 25.6 Å². The number of carbonyl (C=O) groups is 4. The molecule has 6 rings (SSSR count). The first-order valence-electron chi connectivity index (χ1n) is 21.8. The molecule has 0 bridgehead atoms. The molecule has 2 aliphatic rings. The summed E-state index contributed by atoms with van der Waals surface area (Å²) in [5.74, 6) is -0.185. The van der Waals surface area contributed by atoms with Crippen molar-refractivity contribution >= 4 is 29.4 Å². The first kappa shape index (κ1) is 45.1. The van der Waals surface area contributed by atoms with Crippen molar-refractivity contribution in [3.63, 3.8) is 0 Å². The number of rotatable bonds is 14. The van der Waals surface area contributed by atoms with Crippen molar-refractivity contribution in [1.82, 2.24) is 36.2 Å². The molecular formula is C48H64N8O5. The lowest BCUT2D eigenvalue weighted by atomic mass is 9.71. The smallest absolute Gasteiger partial charge is 0.407 e. The molecular weight excluding hydrogens is 769 g/mol. The maximum atomic E-state index is 14.0. The summed E-state index contributed by atoms with van der Waals surface area (Å²) in [7, 11) is 4.26. The number of amides is 3. The Labute approximate surface area is 360 Å². The number of aryl methyl sites for hydroxylation is 1. The molecule has 2 aliphatic carbocycles. The second-order valence-electron chi connectivity index (χ2n) is 19.1. The monoisotopic (exact) mass is 832 g/mol. The molecule has 4 aromatic rings. The second-order valence-corrected chi connectivity index (χ2v) is 19.1. The molecule has 0 aliphatic heterocycles. The SMILES string of the molecule is Cc1cc(C(=O)NC2CCC(N(C)C)CC2(C)C)ccc1-c1ccc(C[C@H](CC(=O)C2CCC(CNC(=O)OC(C)(C)C)CC2)C(=O)Nc2ccc(-c3nn[nH]n3)cc2)cc1. The Balaban J connectivity index is 1.10. The fraction of sp³-hybridized carbons (Fsp3) is 0.521. The Bertz CT molecular complexity index is 2120. The van der Waals surface area contributed by atoms with Gasteiger partial charge in [-0.25, -0.2) is 4.79 Å². The van der Waals surface area contributed by atoms with Crippen LogP contribution in [0.2, 0.25) is 0 Å². The lowest BCUT2D eigenvalue weighted by molar-refractivity contribution is -0.129. The Hall–Kier alpha value is -5.43. The largest absolute Gasteiger partial charge is 0.444 e.